The Morgan fingerprint density at radius 3 is 2.37 bits per heavy atom. The average Bonchev–Trinajstić information content (AvgIpc) is 2.37. The van der Waals surface area contributed by atoms with Gasteiger partial charge in [-0.2, -0.15) is 0 Å². The van der Waals surface area contributed by atoms with Gasteiger partial charge in [-0.15, -0.1) is 0 Å². The summed E-state index contributed by atoms with van der Waals surface area (Å²) in [5.74, 6) is -1.58. The summed E-state index contributed by atoms with van der Waals surface area (Å²) in [6, 6.07) is 9.91. The molecule has 1 amide bonds. The van der Waals surface area contributed by atoms with Crippen molar-refractivity contribution >= 4 is 28.3 Å². The van der Waals surface area contributed by atoms with E-state index in [2.05, 4.69) is 5.32 Å². The van der Waals surface area contributed by atoms with Crippen LogP contribution in [0.5, 0.6) is 0 Å². The standard InChI is InChI=1S/C14H14N2O3/c1-8(14(18)19)16-13(17)11-6-9-4-2-3-5-10(9)7-12(11)15/h2-8H,15H2,1H3,(H,16,17)(H,18,19)/t8-/m0/s1. The molecule has 0 heterocycles. The molecule has 19 heavy (non-hydrogen) atoms. The zero-order chi connectivity index (χ0) is 14.0. The lowest BCUT2D eigenvalue weighted by molar-refractivity contribution is -0.138. The fourth-order valence-electron chi connectivity index (χ4n) is 1.79. The summed E-state index contributed by atoms with van der Waals surface area (Å²) in [5, 5.41) is 13.0. The first-order valence-corrected chi connectivity index (χ1v) is 5.81. The number of anilines is 1. The number of carboxylic acids is 1. The highest BCUT2D eigenvalue weighted by atomic mass is 16.4. The molecule has 0 bridgehead atoms. The second-order valence-corrected chi connectivity index (χ2v) is 4.32. The molecule has 5 nitrogen and oxygen atoms in total. The molecular weight excluding hydrogens is 244 g/mol. The molecule has 2 rings (SSSR count). The molecule has 0 aliphatic carbocycles. The molecule has 5 heteroatoms. The SMILES string of the molecule is C[C@H](NC(=O)c1cc2ccccc2cc1N)C(=O)O. The maximum absolute atomic E-state index is 12.0. The van der Waals surface area contributed by atoms with Crippen LogP contribution in [0.15, 0.2) is 36.4 Å². The Kier molecular flexibility index (Phi) is 3.37. The van der Waals surface area contributed by atoms with Crippen molar-refractivity contribution in [2.24, 2.45) is 0 Å². The van der Waals surface area contributed by atoms with Gasteiger partial charge in [0.05, 0.1) is 5.56 Å². The lowest BCUT2D eigenvalue weighted by atomic mass is 10.0. The molecule has 1 atom stereocenters. The van der Waals surface area contributed by atoms with Crippen LogP contribution in [0.4, 0.5) is 5.69 Å². The van der Waals surface area contributed by atoms with Gasteiger partial charge in [0.15, 0.2) is 0 Å². The molecule has 0 aliphatic heterocycles. The number of hydrogen-bond acceptors (Lipinski definition) is 3. The topological polar surface area (TPSA) is 92.4 Å². The summed E-state index contributed by atoms with van der Waals surface area (Å²) >= 11 is 0. The maximum atomic E-state index is 12.0. The minimum Gasteiger partial charge on any atom is -0.480 e. The molecule has 98 valence electrons. The Labute approximate surface area is 110 Å². The van der Waals surface area contributed by atoms with Crippen molar-refractivity contribution < 1.29 is 14.7 Å². The van der Waals surface area contributed by atoms with Gasteiger partial charge in [-0.3, -0.25) is 9.59 Å². The smallest absolute Gasteiger partial charge is 0.325 e. The summed E-state index contributed by atoms with van der Waals surface area (Å²) in [4.78, 5) is 22.7. The number of rotatable bonds is 3. The molecule has 0 spiro atoms. The normalized spacial score (nSPS) is 12.1. The van der Waals surface area contributed by atoms with Crippen LogP contribution >= 0.6 is 0 Å². The van der Waals surface area contributed by atoms with Crippen molar-refractivity contribution in [3.05, 3.63) is 42.0 Å². The van der Waals surface area contributed by atoms with Gasteiger partial charge in [-0.1, -0.05) is 24.3 Å². The first-order valence-electron chi connectivity index (χ1n) is 5.81. The number of carboxylic acid groups (broad SMARTS) is 1. The third kappa shape index (κ3) is 2.65. The minimum absolute atomic E-state index is 0.284. The van der Waals surface area contributed by atoms with Crippen molar-refractivity contribution in [2.45, 2.75) is 13.0 Å². The molecule has 4 N–H and O–H groups in total. The Morgan fingerprint density at radius 1 is 1.21 bits per heavy atom. The third-order valence-electron chi connectivity index (χ3n) is 2.88. The monoisotopic (exact) mass is 258 g/mol. The average molecular weight is 258 g/mol. The number of nitrogens with one attached hydrogen (secondary N) is 1. The summed E-state index contributed by atoms with van der Waals surface area (Å²) in [6.45, 7) is 1.40. The van der Waals surface area contributed by atoms with E-state index in [1.54, 1.807) is 12.1 Å². The summed E-state index contributed by atoms with van der Waals surface area (Å²) < 4.78 is 0. The maximum Gasteiger partial charge on any atom is 0.325 e. The number of nitrogen functional groups attached to an aromatic ring is 1. The van der Waals surface area contributed by atoms with Crippen molar-refractivity contribution in [3.63, 3.8) is 0 Å². The highest BCUT2D eigenvalue weighted by Crippen LogP contribution is 2.21. The van der Waals surface area contributed by atoms with Crippen molar-refractivity contribution in [1.82, 2.24) is 5.32 Å². The summed E-state index contributed by atoms with van der Waals surface area (Å²) in [5.41, 5.74) is 6.44. The van der Waals surface area contributed by atoms with E-state index in [0.29, 0.717) is 5.69 Å². The second-order valence-electron chi connectivity index (χ2n) is 4.32. The lowest BCUT2D eigenvalue weighted by Gasteiger charge is -2.11. The molecule has 0 saturated heterocycles. The number of aliphatic carboxylic acids is 1. The largest absolute Gasteiger partial charge is 0.480 e. The van der Waals surface area contributed by atoms with Crippen LogP contribution in [-0.2, 0) is 4.79 Å². The van der Waals surface area contributed by atoms with E-state index in [4.69, 9.17) is 10.8 Å². The number of carbonyl (C=O) groups excluding carboxylic acids is 1. The molecule has 2 aromatic rings. The lowest BCUT2D eigenvalue weighted by Crippen LogP contribution is -2.38. The highest BCUT2D eigenvalue weighted by Gasteiger charge is 2.17. The number of amides is 1. The molecule has 2 aromatic carbocycles. The van der Waals surface area contributed by atoms with Gasteiger partial charge in [0.25, 0.3) is 5.91 Å². The fraction of sp³-hybridized carbons (Fsp3) is 0.143. The number of nitrogens with two attached hydrogens (primary N) is 1. The van der Waals surface area contributed by atoms with E-state index in [0.717, 1.165) is 10.8 Å². The predicted molar refractivity (Wildman–Crippen MR) is 72.9 cm³/mol. The van der Waals surface area contributed by atoms with Crippen LogP contribution in [0.3, 0.4) is 0 Å². The van der Waals surface area contributed by atoms with Crippen LogP contribution in [0.2, 0.25) is 0 Å². The van der Waals surface area contributed by atoms with Gasteiger partial charge in [-0.25, -0.2) is 0 Å². The van der Waals surface area contributed by atoms with Crippen molar-refractivity contribution in [1.29, 1.82) is 0 Å². The van der Waals surface area contributed by atoms with Gasteiger partial charge >= 0.3 is 5.97 Å². The van der Waals surface area contributed by atoms with Crippen molar-refractivity contribution in [3.8, 4) is 0 Å². The highest BCUT2D eigenvalue weighted by molar-refractivity contribution is 6.04. The van der Waals surface area contributed by atoms with E-state index < -0.39 is 17.9 Å². The van der Waals surface area contributed by atoms with Gasteiger partial charge in [0.2, 0.25) is 0 Å². The Bertz CT molecular complexity index is 652. The van der Waals surface area contributed by atoms with Crippen LogP contribution in [0.1, 0.15) is 17.3 Å². The van der Waals surface area contributed by atoms with Gasteiger partial charge in [-0.05, 0) is 29.8 Å². The van der Waals surface area contributed by atoms with Crippen LogP contribution in [-0.4, -0.2) is 23.0 Å². The molecule has 0 unspecified atom stereocenters. The molecule has 0 aliphatic rings. The fourth-order valence-corrected chi connectivity index (χ4v) is 1.79. The molecule has 0 aromatic heterocycles. The van der Waals surface area contributed by atoms with E-state index in [1.165, 1.54) is 6.92 Å². The quantitative estimate of drug-likeness (QED) is 0.729. The number of fused-ring (bicyclic) bond motifs is 1. The Morgan fingerprint density at radius 2 is 1.79 bits per heavy atom. The van der Waals surface area contributed by atoms with Gasteiger partial charge in [0.1, 0.15) is 6.04 Å². The van der Waals surface area contributed by atoms with Crippen LogP contribution in [0, 0.1) is 0 Å². The number of benzene rings is 2. The van der Waals surface area contributed by atoms with E-state index in [1.807, 2.05) is 24.3 Å². The molecule has 0 radical (unpaired) electrons. The third-order valence-corrected chi connectivity index (χ3v) is 2.88. The summed E-state index contributed by atoms with van der Waals surface area (Å²) in [7, 11) is 0. The van der Waals surface area contributed by atoms with Gasteiger partial charge < -0.3 is 16.2 Å². The Balaban J connectivity index is 2.36. The first kappa shape index (κ1) is 12.9. The zero-order valence-corrected chi connectivity index (χ0v) is 10.4. The minimum atomic E-state index is -1.09. The molecule has 0 fully saturated rings. The first-order chi connectivity index (χ1) is 8.99. The predicted octanol–water partition coefficient (Wildman–Crippen LogP) is 1.62. The zero-order valence-electron chi connectivity index (χ0n) is 10.4. The summed E-state index contributed by atoms with van der Waals surface area (Å²) in [6.07, 6.45) is 0. The van der Waals surface area contributed by atoms with E-state index in [-0.39, 0.29) is 5.56 Å². The van der Waals surface area contributed by atoms with E-state index in [9.17, 15) is 9.59 Å². The van der Waals surface area contributed by atoms with Crippen molar-refractivity contribution in [2.75, 3.05) is 5.73 Å². The number of carbonyl (C=O) groups is 2. The molecular formula is C14H14N2O3. The number of hydrogen-bond donors (Lipinski definition) is 3. The van der Waals surface area contributed by atoms with E-state index >= 15 is 0 Å². The van der Waals surface area contributed by atoms with Gasteiger partial charge in [0, 0.05) is 5.69 Å². The van der Waals surface area contributed by atoms with Crippen LogP contribution in [0.25, 0.3) is 10.8 Å². The van der Waals surface area contributed by atoms with Crippen LogP contribution < -0.4 is 11.1 Å². The Hall–Kier alpha value is -2.56. The second kappa shape index (κ2) is 4.97. The molecule has 0 saturated carbocycles.